The molecule has 5 heteroatoms. The molecule has 2 aromatic heterocycles. The molecule has 0 aliphatic heterocycles. The standard InChI is InChI=1S/C13H18BrN3O/c1-3-6-15-11(12-4-5-13(14)18-12)7-10-8-16-17(2)9-10/h4-5,8-9,11,15H,3,6-7H2,1-2H3. The van der Waals surface area contributed by atoms with Crippen molar-refractivity contribution in [2.24, 2.45) is 7.05 Å². The van der Waals surface area contributed by atoms with E-state index in [4.69, 9.17) is 4.42 Å². The molecule has 1 N–H and O–H groups in total. The van der Waals surface area contributed by atoms with Gasteiger partial charge in [0.05, 0.1) is 12.2 Å². The Balaban J connectivity index is 2.09. The molecule has 0 aromatic carbocycles. The third kappa shape index (κ3) is 3.46. The summed E-state index contributed by atoms with van der Waals surface area (Å²) in [5.74, 6) is 0.958. The predicted molar refractivity (Wildman–Crippen MR) is 74.4 cm³/mol. The van der Waals surface area contributed by atoms with E-state index in [-0.39, 0.29) is 6.04 Å². The number of nitrogens with one attached hydrogen (secondary N) is 1. The zero-order valence-corrected chi connectivity index (χ0v) is 12.3. The molecule has 0 radical (unpaired) electrons. The van der Waals surface area contributed by atoms with E-state index in [1.54, 1.807) is 0 Å². The van der Waals surface area contributed by atoms with Crippen molar-refractivity contribution in [2.45, 2.75) is 25.8 Å². The molecule has 2 rings (SSSR count). The van der Waals surface area contributed by atoms with E-state index in [9.17, 15) is 0 Å². The van der Waals surface area contributed by atoms with Crippen LogP contribution in [0.1, 0.15) is 30.7 Å². The highest BCUT2D eigenvalue weighted by molar-refractivity contribution is 9.10. The molecule has 0 bridgehead atoms. The van der Waals surface area contributed by atoms with Gasteiger partial charge < -0.3 is 9.73 Å². The summed E-state index contributed by atoms with van der Waals surface area (Å²) in [6, 6.07) is 4.13. The first-order valence-electron chi connectivity index (χ1n) is 6.15. The number of halogens is 1. The van der Waals surface area contributed by atoms with Gasteiger partial charge in [-0.15, -0.1) is 0 Å². The Kier molecular flexibility index (Phi) is 4.60. The summed E-state index contributed by atoms with van der Waals surface area (Å²) < 4.78 is 8.24. The van der Waals surface area contributed by atoms with E-state index in [1.165, 1.54) is 5.56 Å². The zero-order valence-electron chi connectivity index (χ0n) is 10.7. The van der Waals surface area contributed by atoms with Crippen LogP contribution in [0, 0.1) is 0 Å². The van der Waals surface area contributed by atoms with Crippen LogP contribution in [0.5, 0.6) is 0 Å². The monoisotopic (exact) mass is 311 g/mol. The molecule has 0 aliphatic carbocycles. The topological polar surface area (TPSA) is 43.0 Å². The maximum Gasteiger partial charge on any atom is 0.169 e. The van der Waals surface area contributed by atoms with Gasteiger partial charge in [-0.3, -0.25) is 4.68 Å². The average Bonchev–Trinajstić information content (AvgIpc) is 2.93. The number of nitrogens with zero attached hydrogens (tertiary/aromatic N) is 2. The summed E-state index contributed by atoms with van der Waals surface area (Å²) in [6.07, 6.45) is 5.93. The number of hydrogen-bond donors (Lipinski definition) is 1. The van der Waals surface area contributed by atoms with Crippen molar-refractivity contribution in [2.75, 3.05) is 6.54 Å². The average molecular weight is 312 g/mol. The smallest absolute Gasteiger partial charge is 0.169 e. The van der Waals surface area contributed by atoms with Gasteiger partial charge in [-0.25, -0.2) is 0 Å². The minimum absolute atomic E-state index is 0.195. The molecule has 0 aliphatic rings. The van der Waals surface area contributed by atoms with Crippen LogP contribution in [0.25, 0.3) is 0 Å². The quantitative estimate of drug-likeness (QED) is 0.891. The molecule has 98 valence electrons. The van der Waals surface area contributed by atoms with Gasteiger partial charge in [0.1, 0.15) is 5.76 Å². The lowest BCUT2D eigenvalue weighted by Crippen LogP contribution is -2.23. The van der Waals surface area contributed by atoms with Crippen LogP contribution in [0.2, 0.25) is 0 Å². The minimum Gasteiger partial charge on any atom is -0.453 e. The molecule has 0 saturated heterocycles. The summed E-state index contributed by atoms with van der Waals surface area (Å²) in [6.45, 7) is 3.13. The SMILES string of the molecule is CCCNC(Cc1cnn(C)c1)c1ccc(Br)o1. The van der Waals surface area contributed by atoms with E-state index in [0.29, 0.717) is 0 Å². The van der Waals surface area contributed by atoms with E-state index < -0.39 is 0 Å². The molecule has 0 spiro atoms. The van der Waals surface area contributed by atoms with E-state index in [2.05, 4.69) is 33.3 Å². The molecule has 1 atom stereocenters. The number of aromatic nitrogens is 2. The van der Waals surface area contributed by atoms with Crippen LogP contribution >= 0.6 is 15.9 Å². The first-order chi connectivity index (χ1) is 8.69. The molecule has 2 heterocycles. The fraction of sp³-hybridized carbons (Fsp3) is 0.462. The normalized spacial score (nSPS) is 12.8. The molecule has 0 saturated carbocycles. The summed E-state index contributed by atoms with van der Waals surface area (Å²) in [4.78, 5) is 0. The summed E-state index contributed by atoms with van der Waals surface area (Å²) >= 11 is 3.35. The third-order valence-corrected chi connectivity index (χ3v) is 3.20. The van der Waals surface area contributed by atoms with Crippen LogP contribution < -0.4 is 5.32 Å². The molecular weight excluding hydrogens is 294 g/mol. The Labute approximate surface area is 115 Å². The zero-order chi connectivity index (χ0) is 13.0. The number of furan rings is 1. The van der Waals surface area contributed by atoms with Crippen molar-refractivity contribution in [3.05, 3.63) is 40.5 Å². The second-order valence-electron chi connectivity index (χ2n) is 4.37. The largest absolute Gasteiger partial charge is 0.453 e. The van der Waals surface area contributed by atoms with E-state index in [1.807, 2.05) is 36.3 Å². The summed E-state index contributed by atoms with van der Waals surface area (Å²) in [5.41, 5.74) is 1.21. The number of hydrogen-bond acceptors (Lipinski definition) is 3. The maximum absolute atomic E-state index is 5.65. The van der Waals surface area contributed by atoms with Gasteiger partial charge in [0, 0.05) is 13.2 Å². The highest BCUT2D eigenvalue weighted by atomic mass is 79.9. The molecule has 1 unspecified atom stereocenters. The van der Waals surface area contributed by atoms with Crippen LogP contribution in [0.15, 0.2) is 33.6 Å². The Morgan fingerprint density at radius 2 is 2.33 bits per heavy atom. The van der Waals surface area contributed by atoms with Crippen molar-refractivity contribution >= 4 is 15.9 Å². The second-order valence-corrected chi connectivity index (χ2v) is 5.16. The van der Waals surface area contributed by atoms with Crippen molar-refractivity contribution in [3.8, 4) is 0 Å². The molecule has 0 amide bonds. The summed E-state index contributed by atoms with van der Waals surface area (Å²) in [7, 11) is 1.93. The Morgan fingerprint density at radius 1 is 1.50 bits per heavy atom. The van der Waals surface area contributed by atoms with E-state index >= 15 is 0 Å². The highest BCUT2D eigenvalue weighted by Gasteiger charge is 2.16. The fourth-order valence-electron chi connectivity index (χ4n) is 1.92. The molecule has 4 nitrogen and oxygen atoms in total. The summed E-state index contributed by atoms with van der Waals surface area (Å²) in [5, 5.41) is 7.70. The first-order valence-corrected chi connectivity index (χ1v) is 6.94. The van der Waals surface area contributed by atoms with Gasteiger partial charge in [-0.1, -0.05) is 6.92 Å². The first kappa shape index (κ1) is 13.4. The van der Waals surface area contributed by atoms with Crippen LogP contribution in [0.3, 0.4) is 0 Å². The Morgan fingerprint density at radius 3 is 2.89 bits per heavy atom. The van der Waals surface area contributed by atoms with E-state index in [0.717, 1.165) is 29.8 Å². The Bertz CT molecular complexity index is 492. The van der Waals surface area contributed by atoms with Gasteiger partial charge in [0.2, 0.25) is 0 Å². The van der Waals surface area contributed by atoms with Crippen molar-refractivity contribution < 1.29 is 4.42 Å². The van der Waals surface area contributed by atoms with Gasteiger partial charge in [-0.2, -0.15) is 5.10 Å². The minimum atomic E-state index is 0.195. The van der Waals surface area contributed by atoms with Gasteiger partial charge in [-0.05, 0) is 53.0 Å². The predicted octanol–water partition coefficient (Wildman–Crippen LogP) is 3.06. The van der Waals surface area contributed by atoms with Crippen molar-refractivity contribution in [3.63, 3.8) is 0 Å². The molecule has 0 fully saturated rings. The lowest BCUT2D eigenvalue weighted by Gasteiger charge is -2.15. The van der Waals surface area contributed by atoms with Crippen LogP contribution in [0.4, 0.5) is 0 Å². The Hall–Kier alpha value is -1.07. The van der Waals surface area contributed by atoms with Crippen LogP contribution in [-0.2, 0) is 13.5 Å². The molecule has 2 aromatic rings. The van der Waals surface area contributed by atoms with Crippen LogP contribution in [-0.4, -0.2) is 16.3 Å². The molecule has 18 heavy (non-hydrogen) atoms. The van der Waals surface area contributed by atoms with Gasteiger partial charge >= 0.3 is 0 Å². The highest BCUT2D eigenvalue weighted by Crippen LogP contribution is 2.23. The lowest BCUT2D eigenvalue weighted by atomic mass is 10.1. The lowest BCUT2D eigenvalue weighted by molar-refractivity contribution is 0.400. The van der Waals surface area contributed by atoms with Crippen molar-refractivity contribution in [1.82, 2.24) is 15.1 Å². The number of aryl methyl sites for hydroxylation is 1. The second kappa shape index (κ2) is 6.20. The van der Waals surface area contributed by atoms with Gasteiger partial charge in [0.25, 0.3) is 0 Å². The van der Waals surface area contributed by atoms with Gasteiger partial charge in [0.15, 0.2) is 4.67 Å². The molecular formula is C13H18BrN3O. The number of rotatable bonds is 6. The maximum atomic E-state index is 5.65. The third-order valence-electron chi connectivity index (χ3n) is 2.78. The van der Waals surface area contributed by atoms with Crippen molar-refractivity contribution in [1.29, 1.82) is 0 Å². The fourth-order valence-corrected chi connectivity index (χ4v) is 2.24.